The number of aliphatic carboxylic acids is 2. The zero-order chi connectivity index (χ0) is 18.4. The van der Waals surface area contributed by atoms with Crippen molar-refractivity contribution in [3.05, 3.63) is 42.1 Å². The Balaban J connectivity index is 2.38. The molecule has 0 radical (unpaired) electrons. The number of hydrogen-bond donors (Lipinski definition) is 3. The van der Waals surface area contributed by atoms with Crippen molar-refractivity contribution in [2.75, 3.05) is 19.5 Å². The predicted molar refractivity (Wildman–Crippen MR) is 82.8 cm³/mol. The molecule has 0 aliphatic rings. The van der Waals surface area contributed by atoms with Crippen molar-refractivity contribution < 1.29 is 33.7 Å². The highest BCUT2D eigenvalue weighted by Crippen LogP contribution is 2.22. The molecule has 0 spiro atoms. The molecule has 0 saturated carbocycles. The Bertz CT molecular complexity index is 714. The summed E-state index contributed by atoms with van der Waals surface area (Å²) >= 11 is 0. The fraction of sp³-hybridized carbons (Fsp3) is 0.333. The first-order valence-electron chi connectivity index (χ1n) is 7.09. The van der Waals surface area contributed by atoms with E-state index in [0.717, 1.165) is 0 Å². The molecule has 0 unspecified atom stereocenters. The van der Waals surface area contributed by atoms with E-state index in [1.165, 1.54) is 44.9 Å². The summed E-state index contributed by atoms with van der Waals surface area (Å²) in [5.41, 5.74) is -2.11. The number of nitrogens with one attached hydrogen (secondary N) is 1. The number of anilines is 1. The molecule has 3 N–H and O–H groups in total. The minimum Gasteiger partial charge on any atom is -0.479 e. The van der Waals surface area contributed by atoms with Gasteiger partial charge in [0.25, 0.3) is 0 Å². The summed E-state index contributed by atoms with van der Waals surface area (Å²) in [7, 11) is 2.80. The maximum atomic E-state index is 11.7. The molecule has 10 nitrogen and oxygen atoms in total. The molecule has 0 bridgehead atoms. The summed E-state index contributed by atoms with van der Waals surface area (Å²) in [6.45, 7) is 0. The fourth-order valence-electron chi connectivity index (χ4n) is 2.16. The zero-order valence-electron chi connectivity index (χ0n) is 13.5. The average molecular weight is 351 g/mol. The van der Waals surface area contributed by atoms with Gasteiger partial charge in [0.2, 0.25) is 17.8 Å². The fourth-order valence-corrected chi connectivity index (χ4v) is 2.16. The number of nitrogens with zero attached hydrogens (tertiary/aromatic N) is 2. The van der Waals surface area contributed by atoms with Crippen molar-refractivity contribution in [3.8, 4) is 0 Å². The van der Waals surface area contributed by atoms with E-state index in [4.69, 9.17) is 13.9 Å². The van der Waals surface area contributed by atoms with Crippen molar-refractivity contribution in [2.24, 2.45) is 0 Å². The smallest absolute Gasteiger partial charge is 0.341 e. The van der Waals surface area contributed by atoms with E-state index in [1.807, 2.05) is 0 Å². The van der Waals surface area contributed by atoms with Crippen molar-refractivity contribution >= 4 is 17.9 Å². The second-order valence-corrected chi connectivity index (χ2v) is 5.01. The van der Waals surface area contributed by atoms with Gasteiger partial charge in [-0.05, 0) is 18.2 Å². The summed E-state index contributed by atoms with van der Waals surface area (Å²) in [6, 6.07) is 4.51. The summed E-state index contributed by atoms with van der Waals surface area (Å²) in [5, 5.41) is 21.5. The first-order chi connectivity index (χ1) is 11.9. The van der Waals surface area contributed by atoms with Gasteiger partial charge in [-0.3, -0.25) is 0 Å². The lowest BCUT2D eigenvalue weighted by Crippen LogP contribution is -2.55. The van der Waals surface area contributed by atoms with E-state index < -0.39 is 30.2 Å². The van der Waals surface area contributed by atoms with Crippen LogP contribution in [-0.4, -0.2) is 51.9 Å². The number of carbonyl (C=O) groups is 2. The molecule has 0 fully saturated rings. The maximum Gasteiger partial charge on any atom is 0.341 e. The highest BCUT2D eigenvalue weighted by Gasteiger charge is 2.48. The Morgan fingerprint density at radius 3 is 2.48 bits per heavy atom. The van der Waals surface area contributed by atoms with Crippen molar-refractivity contribution in [1.82, 2.24) is 9.97 Å². The van der Waals surface area contributed by atoms with Crippen LogP contribution in [0.4, 0.5) is 5.95 Å². The third-order valence-corrected chi connectivity index (χ3v) is 3.42. The molecule has 2 aromatic heterocycles. The van der Waals surface area contributed by atoms with Crippen LogP contribution in [0.3, 0.4) is 0 Å². The van der Waals surface area contributed by atoms with Gasteiger partial charge in [0.1, 0.15) is 11.5 Å². The van der Waals surface area contributed by atoms with Gasteiger partial charge in [-0.1, -0.05) is 0 Å². The molecular weight excluding hydrogens is 334 g/mol. The lowest BCUT2D eigenvalue weighted by Gasteiger charge is -2.25. The third kappa shape index (κ3) is 3.92. The number of hydrogen-bond acceptors (Lipinski definition) is 8. The lowest BCUT2D eigenvalue weighted by molar-refractivity contribution is -0.155. The predicted octanol–water partition coefficient (Wildman–Crippen LogP) is 0.924. The normalized spacial score (nSPS) is 11.5. The number of carboxylic acid groups (broad SMARTS) is 2. The molecule has 0 aromatic carbocycles. The van der Waals surface area contributed by atoms with Crippen LogP contribution in [0.15, 0.2) is 35.1 Å². The van der Waals surface area contributed by atoms with Gasteiger partial charge in [0.05, 0.1) is 12.7 Å². The van der Waals surface area contributed by atoms with Crippen LogP contribution >= 0.6 is 0 Å². The molecule has 0 amide bonds. The van der Waals surface area contributed by atoms with Gasteiger partial charge in [0, 0.05) is 20.4 Å². The van der Waals surface area contributed by atoms with Crippen LogP contribution in [0.1, 0.15) is 17.7 Å². The number of furan rings is 1. The first kappa shape index (κ1) is 18.4. The second-order valence-electron chi connectivity index (χ2n) is 5.01. The highest BCUT2D eigenvalue weighted by atomic mass is 16.7. The molecule has 0 aliphatic heterocycles. The van der Waals surface area contributed by atoms with E-state index >= 15 is 0 Å². The molecular formula is C15H17N3O7. The number of ether oxygens (including phenoxy) is 2. The van der Waals surface area contributed by atoms with Gasteiger partial charge in [-0.2, -0.15) is 0 Å². The molecule has 25 heavy (non-hydrogen) atoms. The van der Waals surface area contributed by atoms with E-state index in [-0.39, 0.29) is 11.7 Å². The van der Waals surface area contributed by atoms with Crippen LogP contribution in [-0.2, 0) is 25.5 Å². The van der Waals surface area contributed by atoms with Crippen LogP contribution < -0.4 is 5.32 Å². The maximum absolute atomic E-state index is 11.7. The van der Waals surface area contributed by atoms with Crippen LogP contribution in [0.5, 0.6) is 0 Å². The van der Waals surface area contributed by atoms with E-state index in [0.29, 0.717) is 5.69 Å². The van der Waals surface area contributed by atoms with Crippen LogP contribution in [0.2, 0.25) is 0 Å². The molecule has 0 aliphatic carbocycles. The van der Waals surface area contributed by atoms with Crippen molar-refractivity contribution in [3.63, 3.8) is 0 Å². The Hall–Kier alpha value is -2.98. The Kier molecular flexibility index (Phi) is 5.67. The molecule has 0 atom stereocenters. The van der Waals surface area contributed by atoms with Gasteiger partial charge in [-0.25, -0.2) is 19.6 Å². The topological polar surface area (TPSA) is 144 Å². The number of carboxylic acids is 2. The quantitative estimate of drug-likeness (QED) is 0.440. The van der Waals surface area contributed by atoms with Crippen LogP contribution in [0.25, 0.3) is 0 Å². The Morgan fingerprint density at radius 2 is 1.96 bits per heavy atom. The Labute approximate surface area is 142 Å². The SMILES string of the molecule is COC(OC)c1ccnc(NC(Cc2ccco2)(C(=O)O)C(=O)O)n1. The number of rotatable bonds is 9. The van der Waals surface area contributed by atoms with Gasteiger partial charge >= 0.3 is 11.9 Å². The minimum atomic E-state index is -2.41. The average Bonchev–Trinajstić information content (AvgIpc) is 3.08. The van der Waals surface area contributed by atoms with E-state index in [2.05, 4.69) is 15.3 Å². The van der Waals surface area contributed by atoms with Crippen molar-refractivity contribution in [1.29, 1.82) is 0 Å². The number of methoxy groups -OCH3 is 2. The van der Waals surface area contributed by atoms with Gasteiger partial charge in [0.15, 0.2) is 0 Å². The van der Waals surface area contributed by atoms with Gasteiger partial charge < -0.3 is 29.4 Å². The standard InChI is InChI=1S/C15H17N3O7/c1-23-11(24-2)10-5-6-16-14(17-10)18-15(12(19)20,13(21)22)8-9-4-3-7-25-9/h3-7,11H,8H2,1-2H3,(H,19,20)(H,21,22)(H,16,17,18). The molecule has 2 rings (SSSR count). The zero-order valence-corrected chi connectivity index (χ0v) is 13.5. The summed E-state index contributed by atoms with van der Waals surface area (Å²) in [6.07, 6.45) is 1.40. The highest BCUT2D eigenvalue weighted by molar-refractivity contribution is 6.06. The van der Waals surface area contributed by atoms with E-state index in [9.17, 15) is 19.8 Å². The second kappa shape index (κ2) is 7.73. The van der Waals surface area contributed by atoms with E-state index in [1.54, 1.807) is 0 Å². The summed E-state index contributed by atoms with van der Waals surface area (Å²) in [5.74, 6) is -3.24. The molecule has 2 aromatic rings. The minimum absolute atomic E-state index is 0.181. The first-order valence-corrected chi connectivity index (χ1v) is 7.09. The largest absolute Gasteiger partial charge is 0.479 e. The lowest BCUT2D eigenvalue weighted by atomic mass is 9.94. The third-order valence-electron chi connectivity index (χ3n) is 3.42. The van der Waals surface area contributed by atoms with Crippen LogP contribution in [0, 0.1) is 0 Å². The van der Waals surface area contributed by atoms with Gasteiger partial charge in [-0.15, -0.1) is 0 Å². The Morgan fingerprint density at radius 1 is 1.28 bits per heavy atom. The van der Waals surface area contributed by atoms with Crippen molar-refractivity contribution in [2.45, 2.75) is 18.2 Å². The monoisotopic (exact) mass is 351 g/mol. The summed E-state index contributed by atoms with van der Waals surface area (Å²) in [4.78, 5) is 31.4. The molecule has 134 valence electrons. The molecule has 10 heteroatoms. The molecule has 0 saturated heterocycles. The summed E-state index contributed by atoms with van der Waals surface area (Å²) < 4.78 is 15.2. The number of aromatic nitrogens is 2. The molecule has 2 heterocycles.